The predicted molar refractivity (Wildman–Crippen MR) is 124 cm³/mol. The number of amides is 2. The fourth-order valence-corrected chi connectivity index (χ4v) is 5.35. The molecular formula is C25H38N4O2. The molecule has 2 saturated heterocycles. The molecule has 170 valence electrons. The zero-order valence-corrected chi connectivity index (χ0v) is 19.2. The van der Waals surface area contributed by atoms with E-state index < -0.39 is 0 Å². The zero-order valence-electron chi connectivity index (χ0n) is 19.2. The minimum atomic E-state index is 0.0801. The van der Waals surface area contributed by atoms with Gasteiger partial charge in [-0.15, -0.1) is 0 Å². The summed E-state index contributed by atoms with van der Waals surface area (Å²) in [6, 6.07) is 9.34. The average molecular weight is 427 g/mol. The Morgan fingerprint density at radius 1 is 1.16 bits per heavy atom. The molecule has 0 unspecified atom stereocenters. The van der Waals surface area contributed by atoms with Crippen LogP contribution in [0, 0.1) is 5.92 Å². The van der Waals surface area contributed by atoms with Gasteiger partial charge < -0.3 is 15.1 Å². The van der Waals surface area contributed by atoms with E-state index in [9.17, 15) is 9.59 Å². The van der Waals surface area contributed by atoms with Crippen LogP contribution >= 0.6 is 0 Å². The van der Waals surface area contributed by atoms with Gasteiger partial charge in [0.1, 0.15) is 0 Å². The van der Waals surface area contributed by atoms with Crippen molar-refractivity contribution in [1.82, 2.24) is 14.7 Å². The molecule has 31 heavy (non-hydrogen) atoms. The lowest BCUT2D eigenvalue weighted by atomic mass is 10.1. The maximum atomic E-state index is 13.4. The first-order valence-electron chi connectivity index (χ1n) is 12.1. The van der Waals surface area contributed by atoms with E-state index in [1.165, 1.54) is 12.8 Å². The molecule has 2 bridgehead atoms. The van der Waals surface area contributed by atoms with Gasteiger partial charge in [0.2, 0.25) is 11.8 Å². The van der Waals surface area contributed by atoms with Crippen molar-refractivity contribution in [1.29, 1.82) is 0 Å². The Balaban J connectivity index is 1.56. The van der Waals surface area contributed by atoms with Crippen LogP contribution < -0.4 is 5.32 Å². The van der Waals surface area contributed by atoms with Crippen LogP contribution in [0.3, 0.4) is 0 Å². The van der Waals surface area contributed by atoms with Crippen LogP contribution in [0.1, 0.15) is 57.9 Å². The molecule has 6 nitrogen and oxygen atoms in total. The summed E-state index contributed by atoms with van der Waals surface area (Å²) in [5.74, 6) is 0.878. The van der Waals surface area contributed by atoms with E-state index in [1.54, 1.807) is 4.90 Å². The van der Waals surface area contributed by atoms with Gasteiger partial charge in [0.25, 0.3) is 0 Å². The van der Waals surface area contributed by atoms with Crippen LogP contribution in [0.4, 0.5) is 5.69 Å². The molecule has 0 aliphatic carbocycles. The number of fused-ring (bicyclic) bond motifs is 3. The standard InChI is InChI=1S/C25H38N4O2/c1-19(2)12-15-29-21-9-10-22(29)17-28(25(31)18-27-14-5-8-24(27)30)16-20-6-3-4-7-23(20)26-13-11-21/h3-4,6-7,19,21-22,26H,5,8-18H2,1-2H3/t21-,22+/m1/s1. The molecule has 1 aromatic rings. The minimum absolute atomic E-state index is 0.0801. The molecule has 3 aliphatic rings. The highest BCUT2D eigenvalue weighted by Crippen LogP contribution is 2.30. The van der Waals surface area contributed by atoms with Gasteiger partial charge in [0.05, 0.1) is 6.54 Å². The molecule has 0 spiro atoms. The van der Waals surface area contributed by atoms with Crippen LogP contribution in [-0.4, -0.2) is 71.3 Å². The van der Waals surface area contributed by atoms with Crippen LogP contribution in [0.2, 0.25) is 0 Å². The van der Waals surface area contributed by atoms with Crippen molar-refractivity contribution >= 4 is 17.5 Å². The molecule has 3 aliphatic heterocycles. The quantitative estimate of drug-likeness (QED) is 0.785. The number of anilines is 1. The number of nitrogens with zero attached hydrogens (tertiary/aromatic N) is 3. The predicted octanol–water partition coefficient (Wildman–Crippen LogP) is 3.33. The fourth-order valence-electron chi connectivity index (χ4n) is 5.35. The van der Waals surface area contributed by atoms with E-state index in [2.05, 4.69) is 42.3 Å². The average Bonchev–Trinajstić information content (AvgIpc) is 3.31. The number of hydrogen-bond donors (Lipinski definition) is 1. The van der Waals surface area contributed by atoms with Gasteiger partial charge in [0.15, 0.2) is 0 Å². The molecule has 2 amide bonds. The molecule has 6 heteroatoms. The molecular weight excluding hydrogens is 388 g/mol. The van der Waals surface area contributed by atoms with Crippen molar-refractivity contribution in [2.75, 3.05) is 38.0 Å². The third-order valence-corrected chi connectivity index (χ3v) is 7.19. The molecule has 0 aromatic heterocycles. The summed E-state index contributed by atoms with van der Waals surface area (Å²) in [6.07, 6.45) is 6.13. The van der Waals surface area contributed by atoms with E-state index in [1.807, 2.05) is 11.0 Å². The highest BCUT2D eigenvalue weighted by atomic mass is 16.2. The summed E-state index contributed by atoms with van der Waals surface area (Å²) in [5, 5.41) is 3.64. The third-order valence-electron chi connectivity index (χ3n) is 7.19. The van der Waals surface area contributed by atoms with E-state index >= 15 is 0 Å². The minimum Gasteiger partial charge on any atom is -0.385 e. The van der Waals surface area contributed by atoms with Crippen molar-refractivity contribution in [3.63, 3.8) is 0 Å². The van der Waals surface area contributed by atoms with Gasteiger partial charge in [-0.05, 0) is 56.2 Å². The lowest BCUT2D eigenvalue weighted by Gasteiger charge is -2.34. The van der Waals surface area contributed by atoms with E-state index in [-0.39, 0.29) is 18.4 Å². The second-order valence-electron chi connectivity index (χ2n) is 9.87. The Hall–Kier alpha value is -2.08. The van der Waals surface area contributed by atoms with Gasteiger partial charge in [-0.3, -0.25) is 14.5 Å². The van der Waals surface area contributed by atoms with Crippen molar-refractivity contribution in [2.45, 2.75) is 71.0 Å². The number of nitrogens with one attached hydrogen (secondary N) is 1. The first-order chi connectivity index (χ1) is 15.0. The topological polar surface area (TPSA) is 55.9 Å². The second kappa shape index (κ2) is 10.0. The summed E-state index contributed by atoms with van der Waals surface area (Å²) in [4.78, 5) is 32.0. The molecule has 3 heterocycles. The molecule has 2 atom stereocenters. The zero-order chi connectivity index (χ0) is 21.8. The van der Waals surface area contributed by atoms with Gasteiger partial charge in [-0.2, -0.15) is 0 Å². The molecule has 4 rings (SSSR count). The smallest absolute Gasteiger partial charge is 0.242 e. The SMILES string of the molecule is CC(C)CCN1[C@H]2CCNc3ccccc3CN(C(=O)CN3CCCC3=O)C[C@@H]1CC2. The number of likely N-dealkylation sites (tertiary alicyclic amines) is 1. The summed E-state index contributed by atoms with van der Waals surface area (Å²) < 4.78 is 0. The number of carbonyl (C=O) groups is 2. The molecule has 1 aromatic carbocycles. The molecule has 0 radical (unpaired) electrons. The third kappa shape index (κ3) is 5.40. The molecule has 0 saturated carbocycles. The van der Waals surface area contributed by atoms with Gasteiger partial charge >= 0.3 is 0 Å². The van der Waals surface area contributed by atoms with Gasteiger partial charge in [-0.1, -0.05) is 32.0 Å². The number of para-hydroxylation sites is 1. The Morgan fingerprint density at radius 2 is 1.97 bits per heavy atom. The van der Waals surface area contributed by atoms with Gasteiger partial charge in [0, 0.05) is 50.4 Å². The maximum Gasteiger partial charge on any atom is 0.242 e. The van der Waals surface area contributed by atoms with Crippen LogP contribution in [0.15, 0.2) is 24.3 Å². The fraction of sp³-hybridized carbons (Fsp3) is 0.680. The summed E-state index contributed by atoms with van der Waals surface area (Å²) in [7, 11) is 0. The van der Waals surface area contributed by atoms with Gasteiger partial charge in [-0.25, -0.2) is 0 Å². The van der Waals surface area contributed by atoms with Crippen molar-refractivity contribution < 1.29 is 9.59 Å². The van der Waals surface area contributed by atoms with Crippen molar-refractivity contribution in [3.05, 3.63) is 29.8 Å². The van der Waals surface area contributed by atoms with Crippen LogP contribution in [-0.2, 0) is 16.1 Å². The number of hydrogen-bond acceptors (Lipinski definition) is 4. The number of carbonyl (C=O) groups excluding carboxylic acids is 2. The first-order valence-corrected chi connectivity index (χ1v) is 12.1. The summed E-state index contributed by atoms with van der Waals surface area (Å²) in [5.41, 5.74) is 2.29. The largest absolute Gasteiger partial charge is 0.385 e. The van der Waals surface area contributed by atoms with E-state index in [4.69, 9.17) is 0 Å². The van der Waals surface area contributed by atoms with E-state index in [0.29, 0.717) is 37.5 Å². The normalized spacial score (nSPS) is 24.8. The highest BCUT2D eigenvalue weighted by Gasteiger charge is 2.36. The first kappa shape index (κ1) is 22.1. The van der Waals surface area contributed by atoms with Crippen molar-refractivity contribution in [2.24, 2.45) is 5.92 Å². The highest BCUT2D eigenvalue weighted by molar-refractivity contribution is 5.86. The monoisotopic (exact) mass is 426 g/mol. The summed E-state index contributed by atoms with van der Waals surface area (Å²) >= 11 is 0. The Kier molecular flexibility index (Phi) is 7.16. The summed E-state index contributed by atoms with van der Waals surface area (Å²) in [6.45, 7) is 8.92. The van der Waals surface area contributed by atoms with Crippen LogP contribution in [0.25, 0.3) is 0 Å². The molecule has 2 fully saturated rings. The molecule has 1 N–H and O–H groups in total. The number of benzene rings is 1. The Bertz CT molecular complexity index is 781. The maximum absolute atomic E-state index is 13.4. The lowest BCUT2D eigenvalue weighted by Crippen LogP contribution is -2.48. The Labute approximate surface area is 187 Å². The number of rotatable bonds is 5. The second-order valence-corrected chi connectivity index (χ2v) is 9.87. The lowest BCUT2D eigenvalue weighted by molar-refractivity contribution is -0.139. The van der Waals surface area contributed by atoms with Crippen LogP contribution in [0.5, 0.6) is 0 Å². The van der Waals surface area contributed by atoms with Crippen molar-refractivity contribution in [3.8, 4) is 0 Å². The Morgan fingerprint density at radius 3 is 2.74 bits per heavy atom. The van der Waals surface area contributed by atoms with E-state index in [0.717, 1.165) is 50.1 Å².